The monoisotopic (exact) mass is 145 g/mol. The summed E-state index contributed by atoms with van der Waals surface area (Å²) in [4.78, 5) is 25.1. The molecule has 58 valence electrons. The number of rotatable bonds is 2. The molecule has 1 N–H and O–H groups in total. The number of carbonyl (C=O) groups excluding carboxylic acids is 2. The zero-order valence-electron chi connectivity index (χ0n) is 6.14. The predicted octanol–water partition coefficient (Wildman–Crippen LogP) is 0.381. The maximum absolute atomic E-state index is 10.4. The normalized spacial score (nSPS) is 8.60. The smallest absolute Gasteiger partial charge is 0.331 e. The number of nitrogens with one attached hydrogen (secondary N) is 1. The average molecular weight is 145 g/mol. The first-order chi connectivity index (χ1) is 4.70. The first-order valence-electron chi connectivity index (χ1n) is 3.19. The minimum atomic E-state index is -0.429. The van der Waals surface area contributed by atoms with E-state index in [4.69, 9.17) is 0 Å². The first-order valence-corrected chi connectivity index (χ1v) is 3.19. The van der Waals surface area contributed by atoms with Crippen molar-refractivity contribution in [3.05, 3.63) is 0 Å². The highest BCUT2D eigenvalue weighted by molar-refractivity contribution is 5.77. The van der Waals surface area contributed by atoms with Crippen LogP contribution in [0.15, 0.2) is 0 Å². The minimum Gasteiger partial charge on any atom is -0.341 e. The van der Waals surface area contributed by atoms with Crippen LogP contribution in [0.5, 0.6) is 0 Å². The lowest BCUT2D eigenvalue weighted by molar-refractivity contribution is -0.157. The minimum absolute atomic E-state index is 0.268. The Bertz CT molecular complexity index is 117. The van der Waals surface area contributed by atoms with Gasteiger partial charge in [0, 0.05) is 12.8 Å². The van der Waals surface area contributed by atoms with Crippen molar-refractivity contribution >= 4 is 11.9 Å². The molecule has 0 heterocycles. The first kappa shape index (κ1) is 8.94. The Labute approximate surface area is 59.5 Å². The lowest BCUT2D eigenvalue weighted by atomic mass is 10.5. The van der Waals surface area contributed by atoms with Crippen LogP contribution in [0, 0.1) is 0 Å². The van der Waals surface area contributed by atoms with Crippen LogP contribution in [-0.4, -0.2) is 11.9 Å². The van der Waals surface area contributed by atoms with Crippen molar-refractivity contribution in [2.45, 2.75) is 26.7 Å². The number of hydroxylamine groups is 1. The Kier molecular flexibility index (Phi) is 4.28. The molecule has 0 radical (unpaired) electrons. The van der Waals surface area contributed by atoms with Crippen LogP contribution in [0.2, 0.25) is 0 Å². The van der Waals surface area contributed by atoms with Crippen molar-refractivity contribution in [2.75, 3.05) is 0 Å². The third-order valence-electron chi connectivity index (χ3n) is 0.888. The molecule has 0 aromatic rings. The Morgan fingerprint density at radius 2 is 1.90 bits per heavy atom. The SMILES string of the molecule is CCC(=O)NOC(=O)CC. The van der Waals surface area contributed by atoms with Gasteiger partial charge < -0.3 is 4.84 Å². The Morgan fingerprint density at radius 1 is 1.30 bits per heavy atom. The second kappa shape index (κ2) is 4.78. The molecular weight excluding hydrogens is 134 g/mol. The van der Waals surface area contributed by atoms with Gasteiger partial charge in [0.15, 0.2) is 0 Å². The number of hydrogen-bond donors (Lipinski definition) is 1. The van der Waals surface area contributed by atoms with Gasteiger partial charge in [-0.25, -0.2) is 4.79 Å². The summed E-state index contributed by atoms with van der Waals surface area (Å²) in [5.41, 5.74) is 1.99. The lowest BCUT2D eigenvalue weighted by Crippen LogP contribution is -2.25. The van der Waals surface area contributed by atoms with Crippen LogP contribution in [0.4, 0.5) is 0 Å². The van der Waals surface area contributed by atoms with E-state index in [1.807, 2.05) is 5.48 Å². The topological polar surface area (TPSA) is 55.4 Å². The Balaban J connectivity index is 3.35. The van der Waals surface area contributed by atoms with Crippen molar-refractivity contribution < 1.29 is 14.4 Å². The Hall–Kier alpha value is -1.06. The van der Waals surface area contributed by atoms with Crippen molar-refractivity contribution in [3.63, 3.8) is 0 Å². The van der Waals surface area contributed by atoms with Crippen LogP contribution in [-0.2, 0) is 14.4 Å². The zero-order valence-corrected chi connectivity index (χ0v) is 6.14. The highest BCUT2D eigenvalue weighted by Gasteiger charge is 2.00. The highest BCUT2D eigenvalue weighted by atomic mass is 16.7. The molecule has 0 aromatic heterocycles. The van der Waals surface area contributed by atoms with Gasteiger partial charge in [0.2, 0.25) is 0 Å². The van der Waals surface area contributed by atoms with Gasteiger partial charge in [-0.1, -0.05) is 13.8 Å². The molecule has 0 fully saturated rings. The maximum atomic E-state index is 10.4. The standard InChI is InChI=1S/C6H11NO3/c1-3-5(8)7-10-6(9)4-2/h3-4H2,1-2H3,(H,7,8). The van der Waals surface area contributed by atoms with Crippen molar-refractivity contribution in [3.8, 4) is 0 Å². The third-order valence-corrected chi connectivity index (χ3v) is 0.888. The number of carbonyl (C=O) groups is 2. The van der Waals surface area contributed by atoms with E-state index in [0.29, 0.717) is 6.42 Å². The Morgan fingerprint density at radius 3 is 2.30 bits per heavy atom. The van der Waals surface area contributed by atoms with Gasteiger partial charge in [-0.3, -0.25) is 4.79 Å². The largest absolute Gasteiger partial charge is 0.341 e. The van der Waals surface area contributed by atoms with Crippen molar-refractivity contribution in [2.24, 2.45) is 0 Å². The third kappa shape index (κ3) is 3.88. The van der Waals surface area contributed by atoms with Gasteiger partial charge in [0.1, 0.15) is 0 Å². The van der Waals surface area contributed by atoms with Crippen LogP contribution in [0.3, 0.4) is 0 Å². The van der Waals surface area contributed by atoms with Gasteiger partial charge in [0.05, 0.1) is 0 Å². The summed E-state index contributed by atoms with van der Waals surface area (Å²) in [7, 11) is 0. The molecule has 0 aromatic carbocycles. The molecule has 1 amide bonds. The molecule has 0 rings (SSSR count). The van der Waals surface area contributed by atoms with E-state index in [1.54, 1.807) is 13.8 Å². The molecule has 0 spiro atoms. The van der Waals surface area contributed by atoms with Crippen LogP contribution in [0.1, 0.15) is 26.7 Å². The van der Waals surface area contributed by atoms with E-state index < -0.39 is 5.97 Å². The summed E-state index contributed by atoms with van der Waals surface area (Å²) in [6, 6.07) is 0. The summed E-state index contributed by atoms with van der Waals surface area (Å²) in [6.45, 7) is 3.33. The average Bonchev–Trinajstić information content (AvgIpc) is 1.99. The fourth-order valence-corrected chi connectivity index (χ4v) is 0.258. The molecule has 0 bridgehead atoms. The molecule has 0 saturated heterocycles. The van der Waals surface area contributed by atoms with E-state index in [2.05, 4.69) is 4.84 Å². The van der Waals surface area contributed by atoms with Gasteiger partial charge in [-0.15, -0.1) is 0 Å². The molecule has 4 nitrogen and oxygen atoms in total. The molecule has 0 unspecified atom stereocenters. The summed E-state index contributed by atoms with van der Waals surface area (Å²) in [5.74, 6) is -0.719. The quantitative estimate of drug-likeness (QED) is 0.571. The molecule has 0 aliphatic rings. The summed E-state index contributed by atoms with van der Waals surface area (Å²) in [5, 5.41) is 0. The maximum Gasteiger partial charge on any atom is 0.331 e. The molecule has 0 saturated carbocycles. The molecule has 10 heavy (non-hydrogen) atoms. The van der Waals surface area contributed by atoms with E-state index >= 15 is 0 Å². The second-order valence-electron chi connectivity index (χ2n) is 1.71. The second-order valence-corrected chi connectivity index (χ2v) is 1.71. The zero-order chi connectivity index (χ0) is 7.98. The number of hydrogen-bond acceptors (Lipinski definition) is 3. The highest BCUT2D eigenvalue weighted by Crippen LogP contribution is 1.81. The lowest BCUT2D eigenvalue weighted by Gasteiger charge is -2.00. The molecule has 4 heteroatoms. The predicted molar refractivity (Wildman–Crippen MR) is 34.8 cm³/mol. The van der Waals surface area contributed by atoms with Crippen molar-refractivity contribution in [1.29, 1.82) is 0 Å². The summed E-state index contributed by atoms with van der Waals surface area (Å²) < 4.78 is 0. The number of amides is 1. The van der Waals surface area contributed by atoms with E-state index in [0.717, 1.165) is 0 Å². The van der Waals surface area contributed by atoms with Crippen LogP contribution in [0.25, 0.3) is 0 Å². The van der Waals surface area contributed by atoms with E-state index in [9.17, 15) is 9.59 Å². The van der Waals surface area contributed by atoms with E-state index in [1.165, 1.54) is 0 Å². The summed E-state index contributed by atoms with van der Waals surface area (Å²) >= 11 is 0. The van der Waals surface area contributed by atoms with Gasteiger partial charge in [-0.05, 0) is 0 Å². The van der Waals surface area contributed by atoms with Crippen molar-refractivity contribution in [1.82, 2.24) is 5.48 Å². The van der Waals surface area contributed by atoms with E-state index in [-0.39, 0.29) is 12.3 Å². The van der Waals surface area contributed by atoms with Gasteiger partial charge >= 0.3 is 5.97 Å². The molecule has 0 aliphatic heterocycles. The fraction of sp³-hybridized carbons (Fsp3) is 0.667. The fourth-order valence-electron chi connectivity index (χ4n) is 0.258. The van der Waals surface area contributed by atoms with Gasteiger partial charge in [-0.2, -0.15) is 5.48 Å². The van der Waals surface area contributed by atoms with Crippen LogP contribution >= 0.6 is 0 Å². The summed E-state index contributed by atoms with van der Waals surface area (Å²) in [6.07, 6.45) is 0.584. The molecular formula is C6H11NO3. The molecule has 0 aliphatic carbocycles. The van der Waals surface area contributed by atoms with Crippen LogP contribution < -0.4 is 5.48 Å². The molecule has 0 atom stereocenters. The van der Waals surface area contributed by atoms with Gasteiger partial charge in [0.25, 0.3) is 5.91 Å².